The Morgan fingerprint density at radius 2 is 2.14 bits per heavy atom. The molecule has 0 spiro atoms. The van der Waals surface area contributed by atoms with E-state index in [1.165, 1.54) is 0 Å². The van der Waals surface area contributed by atoms with Crippen molar-refractivity contribution in [2.75, 3.05) is 0 Å². The van der Waals surface area contributed by atoms with Crippen LogP contribution in [-0.4, -0.2) is 5.71 Å². The molecule has 0 aliphatic rings. The fourth-order valence-electron chi connectivity index (χ4n) is 0.217. The molecule has 0 radical (unpaired) electrons. The lowest BCUT2D eigenvalue weighted by atomic mass is 10.4. The van der Waals surface area contributed by atoms with Gasteiger partial charge >= 0.3 is 0 Å². The minimum Gasteiger partial charge on any atom is -0.304 e. The highest BCUT2D eigenvalue weighted by Gasteiger charge is 1.86. The summed E-state index contributed by atoms with van der Waals surface area (Å²) in [5, 5.41) is 6.99. The normalized spacial score (nSPS) is 11.6. The maximum atomic E-state index is 6.99. The van der Waals surface area contributed by atoms with E-state index in [4.69, 9.17) is 5.41 Å². The minimum atomic E-state index is 0.572. The molecule has 0 aromatic carbocycles. The lowest BCUT2D eigenvalue weighted by molar-refractivity contribution is 1.49. The van der Waals surface area contributed by atoms with Crippen LogP contribution >= 0.6 is 15.9 Å². The maximum Gasteiger partial charge on any atom is 0.0421 e. The molecule has 0 heterocycles. The van der Waals surface area contributed by atoms with Crippen LogP contribution in [0.15, 0.2) is 10.6 Å². The number of halogens is 1. The molecule has 2 heteroatoms. The van der Waals surface area contributed by atoms with Crippen LogP contribution in [-0.2, 0) is 0 Å². The first-order chi connectivity index (χ1) is 3.18. The molecule has 0 atom stereocenters. The monoisotopic (exact) mass is 161 g/mol. The lowest BCUT2D eigenvalue weighted by Gasteiger charge is -1.87. The van der Waals surface area contributed by atoms with Crippen LogP contribution in [0.4, 0.5) is 0 Å². The number of allylic oxidation sites excluding steroid dienone is 2. The summed E-state index contributed by atoms with van der Waals surface area (Å²) in [5.74, 6) is 0. The Kier molecular flexibility index (Phi) is 2.92. The van der Waals surface area contributed by atoms with E-state index < -0.39 is 0 Å². The molecule has 1 N–H and O–H groups in total. The van der Waals surface area contributed by atoms with Crippen LogP contribution in [0.2, 0.25) is 0 Å². The highest BCUT2D eigenvalue weighted by molar-refractivity contribution is 9.12. The first kappa shape index (κ1) is 6.89. The van der Waals surface area contributed by atoms with E-state index >= 15 is 0 Å². The van der Waals surface area contributed by atoms with Gasteiger partial charge in [-0.2, -0.15) is 0 Å². The summed E-state index contributed by atoms with van der Waals surface area (Å²) in [4.78, 5) is 0. The van der Waals surface area contributed by atoms with E-state index in [9.17, 15) is 0 Å². The second kappa shape index (κ2) is 2.97. The van der Waals surface area contributed by atoms with E-state index in [0.29, 0.717) is 5.71 Å². The summed E-state index contributed by atoms with van der Waals surface area (Å²) in [6.07, 6.45) is 1.85. The average molecular weight is 162 g/mol. The Labute approximate surface area is 52.1 Å². The van der Waals surface area contributed by atoms with Crippen LogP contribution in [0.1, 0.15) is 13.8 Å². The average Bonchev–Trinajstić information content (AvgIpc) is 1.65. The SMILES string of the molecule is C/C=C(/Br)C(C)=N. The van der Waals surface area contributed by atoms with Crippen LogP contribution < -0.4 is 0 Å². The summed E-state index contributed by atoms with van der Waals surface area (Å²) < 4.78 is 0.868. The van der Waals surface area contributed by atoms with Gasteiger partial charge in [-0.25, -0.2) is 0 Å². The van der Waals surface area contributed by atoms with Crippen LogP contribution in [0.3, 0.4) is 0 Å². The molecule has 0 rings (SSSR count). The molecule has 1 nitrogen and oxygen atoms in total. The van der Waals surface area contributed by atoms with Gasteiger partial charge in [0.2, 0.25) is 0 Å². The van der Waals surface area contributed by atoms with Crippen LogP contribution in [0.5, 0.6) is 0 Å². The third-order valence-corrected chi connectivity index (χ3v) is 1.66. The van der Waals surface area contributed by atoms with Crippen LogP contribution in [0, 0.1) is 5.41 Å². The summed E-state index contributed by atoms with van der Waals surface area (Å²) in [5.41, 5.74) is 0.572. The largest absolute Gasteiger partial charge is 0.304 e. The van der Waals surface area contributed by atoms with E-state index in [-0.39, 0.29) is 0 Å². The Hall–Kier alpha value is -0.110. The molecular formula is C5H8BrN. The third kappa shape index (κ3) is 2.57. The predicted molar refractivity (Wildman–Crippen MR) is 36.1 cm³/mol. The van der Waals surface area contributed by atoms with Gasteiger partial charge in [-0.05, 0) is 29.8 Å². The van der Waals surface area contributed by atoms with Gasteiger partial charge in [-0.3, -0.25) is 0 Å². The zero-order chi connectivity index (χ0) is 5.86. The molecule has 0 aliphatic heterocycles. The van der Waals surface area contributed by atoms with Gasteiger partial charge < -0.3 is 5.41 Å². The van der Waals surface area contributed by atoms with E-state index in [2.05, 4.69) is 15.9 Å². The fourth-order valence-corrected chi connectivity index (χ4v) is 0.217. The van der Waals surface area contributed by atoms with E-state index in [1.54, 1.807) is 6.92 Å². The molecule has 0 bridgehead atoms. The van der Waals surface area contributed by atoms with Crippen molar-refractivity contribution in [1.29, 1.82) is 5.41 Å². The third-order valence-electron chi connectivity index (χ3n) is 0.612. The Morgan fingerprint density at radius 1 is 1.71 bits per heavy atom. The highest BCUT2D eigenvalue weighted by atomic mass is 79.9. The van der Waals surface area contributed by atoms with Gasteiger partial charge in [0.25, 0.3) is 0 Å². The summed E-state index contributed by atoms with van der Waals surface area (Å²) in [6.45, 7) is 3.63. The molecule has 7 heavy (non-hydrogen) atoms. The molecular weight excluding hydrogens is 154 g/mol. The number of nitrogens with one attached hydrogen (secondary N) is 1. The van der Waals surface area contributed by atoms with Crippen molar-refractivity contribution >= 4 is 21.6 Å². The van der Waals surface area contributed by atoms with Gasteiger partial charge in [0.15, 0.2) is 0 Å². The van der Waals surface area contributed by atoms with Gasteiger partial charge in [0.05, 0.1) is 0 Å². The highest BCUT2D eigenvalue weighted by Crippen LogP contribution is 2.03. The molecule has 0 amide bonds. The topological polar surface area (TPSA) is 23.9 Å². The molecule has 0 saturated carbocycles. The molecule has 0 aliphatic carbocycles. The number of hydrogen-bond donors (Lipinski definition) is 1. The lowest BCUT2D eigenvalue weighted by Crippen LogP contribution is -1.83. The summed E-state index contributed by atoms with van der Waals surface area (Å²) in [7, 11) is 0. The quantitative estimate of drug-likeness (QED) is 0.572. The smallest absolute Gasteiger partial charge is 0.0421 e. The van der Waals surface area contributed by atoms with E-state index in [1.807, 2.05) is 13.0 Å². The van der Waals surface area contributed by atoms with Crippen molar-refractivity contribution in [1.82, 2.24) is 0 Å². The Morgan fingerprint density at radius 3 is 2.14 bits per heavy atom. The maximum absolute atomic E-state index is 6.99. The minimum absolute atomic E-state index is 0.572. The van der Waals surface area contributed by atoms with Crippen molar-refractivity contribution in [2.45, 2.75) is 13.8 Å². The van der Waals surface area contributed by atoms with E-state index in [0.717, 1.165) is 4.48 Å². The Bertz CT molecular complexity index is 105. The zero-order valence-corrected chi connectivity index (χ0v) is 6.04. The predicted octanol–water partition coefficient (Wildman–Crippen LogP) is 2.32. The number of hydrogen-bond acceptors (Lipinski definition) is 1. The zero-order valence-electron chi connectivity index (χ0n) is 4.46. The summed E-state index contributed by atoms with van der Waals surface area (Å²) in [6, 6.07) is 0. The van der Waals surface area contributed by atoms with Crippen molar-refractivity contribution in [2.24, 2.45) is 0 Å². The van der Waals surface area contributed by atoms with Gasteiger partial charge in [0.1, 0.15) is 0 Å². The molecule has 0 aromatic heterocycles. The van der Waals surface area contributed by atoms with Crippen molar-refractivity contribution in [3.63, 3.8) is 0 Å². The first-order valence-corrected chi connectivity index (χ1v) is 2.85. The van der Waals surface area contributed by atoms with Crippen LogP contribution in [0.25, 0.3) is 0 Å². The first-order valence-electron chi connectivity index (χ1n) is 2.06. The van der Waals surface area contributed by atoms with Gasteiger partial charge in [-0.15, -0.1) is 0 Å². The van der Waals surface area contributed by atoms with Gasteiger partial charge in [-0.1, -0.05) is 6.08 Å². The number of rotatable bonds is 1. The second-order valence-electron chi connectivity index (χ2n) is 1.26. The van der Waals surface area contributed by atoms with Crippen molar-refractivity contribution in [3.05, 3.63) is 10.6 Å². The fraction of sp³-hybridized carbons (Fsp3) is 0.400. The molecule has 0 fully saturated rings. The standard InChI is InChI=1S/C5H8BrN/c1-3-5(6)4(2)7/h3,7H,1-2H3/b5-3+,7-4?. The Balaban J connectivity index is 3.82. The molecule has 0 unspecified atom stereocenters. The van der Waals surface area contributed by atoms with Crippen molar-refractivity contribution < 1.29 is 0 Å². The molecule has 0 aromatic rings. The molecule has 0 saturated heterocycles. The van der Waals surface area contributed by atoms with Crippen molar-refractivity contribution in [3.8, 4) is 0 Å². The molecule has 40 valence electrons. The van der Waals surface area contributed by atoms with Gasteiger partial charge in [0, 0.05) is 10.2 Å². The second-order valence-corrected chi connectivity index (χ2v) is 2.12. The summed E-state index contributed by atoms with van der Waals surface area (Å²) >= 11 is 3.18.